The van der Waals surface area contributed by atoms with Crippen LogP contribution >= 0.6 is 23.2 Å². The molecular formula is C17H17Cl2NO4. The number of halogens is 2. The third-order valence-electron chi connectivity index (χ3n) is 5.99. The van der Waals surface area contributed by atoms with Crippen molar-refractivity contribution in [1.82, 2.24) is 0 Å². The zero-order chi connectivity index (χ0) is 17.9. The Bertz CT molecular complexity index is 776. The first kappa shape index (κ1) is 17.2. The summed E-state index contributed by atoms with van der Waals surface area (Å²) in [5, 5.41) is 3.40. The van der Waals surface area contributed by atoms with Crippen molar-refractivity contribution < 1.29 is 19.1 Å². The summed E-state index contributed by atoms with van der Waals surface area (Å²) >= 11 is 12.0. The van der Waals surface area contributed by atoms with Gasteiger partial charge in [0.05, 0.1) is 16.1 Å². The molecule has 2 bridgehead atoms. The number of amides is 1. The lowest BCUT2D eigenvalue weighted by Crippen LogP contribution is -2.61. The van der Waals surface area contributed by atoms with E-state index in [0.29, 0.717) is 22.2 Å². The van der Waals surface area contributed by atoms with E-state index in [4.69, 9.17) is 27.9 Å². The minimum Gasteiger partial charge on any atom is -0.392 e. The van der Waals surface area contributed by atoms with Crippen LogP contribution < -0.4 is 5.32 Å². The van der Waals surface area contributed by atoms with Crippen LogP contribution in [0.3, 0.4) is 0 Å². The first-order valence-corrected chi connectivity index (χ1v) is 8.35. The van der Waals surface area contributed by atoms with Crippen LogP contribution in [0.2, 0.25) is 10.0 Å². The largest absolute Gasteiger partial charge is 0.392 e. The zero-order valence-corrected chi connectivity index (χ0v) is 15.0. The van der Waals surface area contributed by atoms with E-state index in [2.05, 4.69) is 5.32 Å². The lowest BCUT2D eigenvalue weighted by Gasteiger charge is -2.48. The Morgan fingerprint density at radius 3 is 2.46 bits per heavy atom. The SMILES string of the molecule is CC12CCC(C(=O)Nc3cc(Cl)ccc3Cl)(C(=O)OC1=O)C2(C)C. The molecule has 2 aliphatic rings. The van der Waals surface area contributed by atoms with Crippen LogP contribution in [0.25, 0.3) is 0 Å². The number of nitrogens with one attached hydrogen (secondary N) is 1. The van der Waals surface area contributed by atoms with Gasteiger partial charge in [-0.1, -0.05) is 37.0 Å². The average molecular weight is 370 g/mol. The number of ether oxygens (including phenoxy) is 1. The van der Waals surface area contributed by atoms with Gasteiger partial charge in [0.15, 0.2) is 5.41 Å². The number of carbonyl (C=O) groups is 3. The minimum absolute atomic E-state index is 0.241. The Balaban J connectivity index is 2.04. The van der Waals surface area contributed by atoms with E-state index < -0.39 is 34.1 Å². The van der Waals surface area contributed by atoms with Crippen LogP contribution in [0.1, 0.15) is 33.6 Å². The van der Waals surface area contributed by atoms with Crippen LogP contribution in [0.4, 0.5) is 5.69 Å². The molecule has 128 valence electrons. The highest BCUT2D eigenvalue weighted by atomic mass is 35.5. The minimum atomic E-state index is -1.44. The predicted molar refractivity (Wildman–Crippen MR) is 89.7 cm³/mol. The van der Waals surface area contributed by atoms with Gasteiger partial charge in [-0.15, -0.1) is 0 Å². The van der Waals surface area contributed by atoms with Crippen LogP contribution in [0, 0.1) is 16.2 Å². The number of carbonyl (C=O) groups excluding carboxylic acids is 3. The molecule has 2 unspecified atom stereocenters. The molecule has 24 heavy (non-hydrogen) atoms. The third kappa shape index (κ3) is 1.97. The number of benzene rings is 1. The van der Waals surface area contributed by atoms with Crippen molar-refractivity contribution in [2.75, 3.05) is 5.32 Å². The number of cyclic esters (lactones) is 2. The maximum absolute atomic E-state index is 13.1. The molecule has 1 N–H and O–H groups in total. The molecule has 1 amide bonds. The summed E-state index contributed by atoms with van der Waals surface area (Å²) in [4.78, 5) is 37.8. The zero-order valence-electron chi connectivity index (χ0n) is 13.5. The molecule has 1 aromatic rings. The van der Waals surface area contributed by atoms with Gasteiger partial charge in [-0.3, -0.25) is 14.4 Å². The standard InChI is InChI=1S/C17H17Cl2NO4/c1-15(2)16(3)6-7-17(15,14(23)24-13(16)22)12(21)20-11-8-9(18)4-5-10(11)19/h4-5,8H,6-7H2,1-3H3,(H,20,21). The van der Waals surface area contributed by atoms with Crippen molar-refractivity contribution in [2.45, 2.75) is 33.6 Å². The van der Waals surface area contributed by atoms with Gasteiger partial charge in [0, 0.05) is 10.4 Å². The van der Waals surface area contributed by atoms with Crippen LogP contribution in [-0.2, 0) is 19.1 Å². The molecule has 0 radical (unpaired) electrons. The highest BCUT2D eigenvalue weighted by Crippen LogP contribution is 2.66. The molecule has 0 spiro atoms. The van der Waals surface area contributed by atoms with Crippen molar-refractivity contribution >= 4 is 46.7 Å². The van der Waals surface area contributed by atoms with E-state index in [0.717, 1.165) is 0 Å². The number of anilines is 1. The summed E-state index contributed by atoms with van der Waals surface area (Å²) in [6.07, 6.45) is 0.645. The van der Waals surface area contributed by atoms with Gasteiger partial charge < -0.3 is 10.1 Å². The lowest BCUT2D eigenvalue weighted by atomic mass is 9.57. The monoisotopic (exact) mass is 369 g/mol. The summed E-state index contributed by atoms with van der Waals surface area (Å²) in [5.41, 5.74) is -2.91. The molecule has 1 aliphatic heterocycles. The van der Waals surface area contributed by atoms with Gasteiger partial charge in [-0.05, 0) is 38.0 Å². The Morgan fingerprint density at radius 2 is 1.79 bits per heavy atom. The fourth-order valence-electron chi connectivity index (χ4n) is 3.84. The molecule has 1 saturated carbocycles. The average Bonchev–Trinajstić information content (AvgIpc) is 2.64. The van der Waals surface area contributed by atoms with Crippen LogP contribution in [0.15, 0.2) is 18.2 Å². The molecule has 1 saturated heterocycles. The fourth-order valence-corrected chi connectivity index (χ4v) is 4.18. The Kier molecular flexibility index (Phi) is 3.74. The molecule has 5 nitrogen and oxygen atoms in total. The van der Waals surface area contributed by atoms with Crippen molar-refractivity contribution in [2.24, 2.45) is 16.2 Å². The van der Waals surface area contributed by atoms with E-state index >= 15 is 0 Å². The second kappa shape index (κ2) is 5.20. The smallest absolute Gasteiger partial charge is 0.329 e. The summed E-state index contributed by atoms with van der Waals surface area (Å²) in [5.74, 6) is -1.90. The highest BCUT2D eigenvalue weighted by molar-refractivity contribution is 6.36. The van der Waals surface area contributed by atoms with Gasteiger partial charge in [0.25, 0.3) is 0 Å². The van der Waals surface area contributed by atoms with Gasteiger partial charge in [0.2, 0.25) is 5.91 Å². The fraction of sp³-hybridized carbons (Fsp3) is 0.471. The molecule has 3 rings (SSSR count). The van der Waals surface area contributed by atoms with Gasteiger partial charge in [-0.25, -0.2) is 0 Å². The number of esters is 2. The van der Waals surface area contributed by atoms with Gasteiger partial charge >= 0.3 is 11.9 Å². The summed E-state index contributed by atoms with van der Waals surface area (Å²) in [6.45, 7) is 5.26. The molecule has 7 heteroatoms. The Labute approximate surface area is 149 Å². The molecule has 1 aromatic carbocycles. The highest BCUT2D eigenvalue weighted by Gasteiger charge is 2.75. The number of hydrogen-bond donors (Lipinski definition) is 1. The maximum Gasteiger partial charge on any atom is 0.329 e. The maximum atomic E-state index is 13.1. The summed E-state index contributed by atoms with van der Waals surface area (Å²) < 4.78 is 4.93. The van der Waals surface area contributed by atoms with E-state index in [-0.39, 0.29) is 6.42 Å². The topological polar surface area (TPSA) is 72.5 Å². The summed E-state index contributed by atoms with van der Waals surface area (Å²) in [6, 6.07) is 4.67. The lowest BCUT2D eigenvalue weighted by molar-refractivity contribution is -0.195. The van der Waals surface area contributed by atoms with E-state index in [1.165, 1.54) is 6.07 Å². The van der Waals surface area contributed by atoms with Crippen molar-refractivity contribution in [1.29, 1.82) is 0 Å². The molecule has 2 atom stereocenters. The summed E-state index contributed by atoms with van der Waals surface area (Å²) in [7, 11) is 0. The van der Waals surface area contributed by atoms with Crippen LogP contribution in [0.5, 0.6) is 0 Å². The molecular weight excluding hydrogens is 353 g/mol. The Morgan fingerprint density at radius 1 is 1.12 bits per heavy atom. The second-order valence-corrected chi connectivity index (χ2v) is 7.96. The second-order valence-electron chi connectivity index (χ2n) is 7.12. The first-order chi connectivity index (χ1) is 11.1. The molecule has 1 aliphatic carbocycles. The molecule has 0 aromatic heterocycles. The van der Waals surface area contributed by atoms with Gasteiger partial charge in [-0.2, -0.15) is 0 Å². The molecule has 2 fully saturated rings. The normalized spacial score (nSPS) is 30.9. The van der Waals surface area contributed by atoms with Crippen LogP contribution in [-0.4, -0.2) is 17.8 Å². The first-order valence-electron chi connectivity index (χ1n) is 7.59. The number of hydrogen-bond acceptors (Lipinski definition) is 4. The molecule has 1 heterocycles. The van der Waals surface area contributed by atoms with Crippen molar-refractivity contribution in [3.05, 3.63) is 28.2 Å². The van der Waals surface area contributed by atoms with Crippen molar-refractivity contribution in [3.8, 4) is 0 Å². The van der Waals surface area contributed by atoms with E-state index in [9.17, 15) is 14.4 Å². The van der Waals surface area contributed by atoms with E-state index in [1.54, 1.807) is 32.9 Å². The van der Waals surface area contributed by atoms with Crippen molar-refractivity contribution in [3.63, 3.8) is 0 Å². The quantitative estimate of drug-likeness (QED) is 0.635. The van der Waals surface area contributed by atoms with E-state index in [1.807, 2.05) is 0 Å². The van der Waals surface area contributed by atoms with Gasteiger partial charge in [0.1, 0.15) is 0 Å². The predicted octanol–water partition coefficient (Wildman–Crippen LogP) is 3.83. The number of rotatable bonds is 2. The Hall–Kier alpha value is -1.59. The number of fused-ring (bicyclic) bond motifs is 2. The third-order valence-corrected chi connectivity index (χ3v) is 6.56.